The summed E-state index contributed by atoms with van der Waals surface area (Å²) in [6.07, 6.45) is 3.30. The molecule has 2 aromatic carbocycles. The first-order valence-electron chi connectivity index (χ1n) is 14.1. The lowest BCUT2D eigenvalue weighted by molar-refractivity contribution is 0.0600. The van der Waals surface area contributed by atoms with Crippen molar-refractivity contribution in [3.05, 3.63) is 89.0 Å². The van der Waals surface area contributed by atoms with Gasteiger partial charge in [0.15, 0.2) is 11.3 Å². The summed E-state index contributed by atoms with van der Waals surface area (Å²) in [6.45, 7) is 2.21. The minimum atomic E-state index is -1.10. The van der Waals surface area contributed by atoms with E-state index in [9.17, 15) is 18.4 Å². The number of ether oxygens (including phenoxy) is 1. The molecule has 2 aliphatic heterocycles. The normalized spacial score (nSPS) is 20.6. The maximum atomic E-state index is 14.8. The molecule has 2 saturated heterocycles. The van der Waals surface area contributed by atoms with Crippen molar-refractivity contribution in [1.82, 2.24) is 24.8 Å². The molecule has 6 rings (SSSR count). The van der Waals surface area contributed by atoms with E-state index >= 15 is 0 Å². The number of aromatic nitrogens is 3. The van der Waals surface area contributed by atoms with E-state index in [1.807, 2.05) is 29.4 Å². The lowest BCUT2D eigenvalue weighted by Crippen LogP contribution is -2.37. The second-order valence-electron chi connectivity index (χ2n) is 10.9. The molecule has 1 amide bonds. The number of halogens is 2. The fraction of sp³-hybridized carbons (Fsp3) is 0.355. The summed E-state index contributed by atoms with van der Waals surface area (Å²) in [6, 6.07) is 15.0. The quantitative estimate of drug-likeness (QED) is 0.229. The number of thioether (sulfide) groups is 1. The van der Waals surface area contributed by atoms with Gasteiger partial charge in [-0.1, -0.05) is 12.1 Å². The molecule has 12 heteroatoms. The molecule has 2 aliphatic rings. The van der Waals surface area contributed by atoms with Crippen LogP contribution in [0, 0.1) is 5.82 Å². The molecule has 43 heavy (non-hydrogen) atoms. The van der Waals surface area contributed by atoms with Gasteiger partial charge in [-0.25, -0.2) is 23.1 Å². The van der Waals surface area contributed by atoms with Crippen molar-refractivity contribution >= 4 is 35.1 Å². The molecule has 9 nitrogen and oxygen atoms in total. The Morgan fingerprint density at radius 1 is 1.14 bits per heavy atom. The number of nitrogens with zero attached hydrogens (tertiary/aromatic N) is 5. The SMILES string of the molecule is COC(=O)c1cccc(CN2CC[C@@H](NC(=O)c3cnc4ccc(N5C[C@@H](F)C[C@@H]5c5cc(F)ccc5SC)nn34)C2)c1. The van der Waals surface area contributed by atoms with Gasteiger partial charge in [-0.05, 0) is 66.3 Å². The summed E-state index contributed by atoms with van der Waals surface area (Å²) in [5.41, 5.74) is 3.00. The second-order valence-corrected chi connectivity index (χ2v) is 11.7. The van der Waals surface area contributed by atoms with E-state index in [1.165, 1.54) is 41.7 Å². The van der Waals surface area contributed by atoms with E-state index in [1.54, 1.807) is 24.3 Å². The average Bonchev–Trinajstić information content (AvgIpc) is 3.74. The zero-order valence-electron chi connectivity index (χ0n) is 23.9. The number of esters is 1. The summed E-state index contributed by atoms with van der Waals surface area (Å²) in [5.74, 6) is -0.552. The highest BCUT2D eigenvalue weighted by atomic mass is 32.2. The van der Waals surface area contributed by atoms with Crippen molar-refractivity contribution in [3.8, 4) is 0 Å². The first-order chi connectivity index (χ1) is 20.8. The minimum Gasteiger partial charge on any atom is -0.465 e. The predicted octanol–water partition coefficient (Wildman–Crippen LogP) is 4.67. The lowest BCUT2D eigenvalue weighted by Gasteiger charge is -2.27. The molecule has 2 fully saturated rings. The highest BCUT2D eigenvalue weighted by Gasteiger charge is 2.36. The Labute approximate surface area is 252 Å². The van der Waals surface area contributed by atoms with Crippen molar-refractivity contribution in [2.75, 3.05) is 37.9 Å². The Bertz CT molecular complexity index is 1670. The monoisotopic (exact) mass is 606 g/mol. The Kier molecular flexibility index (Phi) is 8.31. The third-order valence-corrected chi connectivity index (χ3v) is 8.85. The van der Waals surface area contributed by atoms with Crippen molar-refractivity contribution in [2.24, 2.45) is 0 Å². The fourth-order valence-electron chi connectivity index (χ4n) is 6.00. The van der Waals surface area contributed by atoms with Crippen LogP contribution in [0.25, 0.3) is 5.65 Å². The van der Waals surface area contributed by atoms with E-state index in [2.05, 4.69) is 15.2 Å². The number of carbonyl (C=O) groups is 2. The largest absolute Gasteiger partial charge is 0.465 e. The van der Waals surface area contributed by atoms with Crippen molar-refractivity contribution in [1.29, 1.82) is 0 Å². The molecule has 0 saturated carbocycles. The molecule has 2 aromatic heterocycles. The molecular formula is C31H32F2N6O3S. The summed E-state index contributed by atoms with van der Waals surface area (Å²) in [7, 11) is 1.36. The third-order valence-electron chi connectivity index (χ3n) is 8.04. The summed E-state index contributed by atoms with van der Waals surface area (Å²) < 4.78 is 35.3. The number of likely N-dealkylation sites (tertiary alicyclic amines) is 1. The van der Waals surface area contributed by atoms with Crippen LogP contribution in [-0.4, -0.2) is 76.6 Å². The van der Waals surface area contributed by atoms with E-state index in [-0.39, 0.29) is 42.4 Å². The molecule has 224 valence electrons. The molecule has 0 unspecified atom stereocenters. The van der Waals surface area contributed by atoms with E-state index in [4.69, 9.17) is 9.84 Å². The van der Waals surface area contributed by atoms with Crippen LogP contribution >= 0.6 is 11.8 Å². The highest BCUT2D eigenvalue weighted by Crippen LogP contribution is 2.40. The Morgan fingerprint density at radius 3 is 2.81 bits per heavy atom. The number of methoxy groups -OCH3 is 1. The summed E-state index contributed by atoms with van der Waals surface area (Å²) >= 11 is 1.49. The van der Waals surface area contributed by atoms with E-state index < -0.39 is 12.2 Å². The number of anilines is 1. The third kappa shape index (κ3) is 6.07. The predicted molar refractivity (Wildman–Crippen MR) is 160 cm³/mol. The zero-order valence-corrected chi connectivity index (χ0v) is 24.7. The van der Waals surface area contributed by atoms with E-state index in [0.717, 1.165) is 29.0 Å². The molecule has 0 aliphatic carbocycles. The van der Waals surface area contributed by atoms with Crippen molar-refractivity contribution in [3.63, 3.8) is 0 Å². The fourth-order valence-corrected chi connectivity index (χ4v) is 6.63. The van der Waals surface area contributed by atoms with Gasteiger partial charge in [-0.2, -0.15) is 0 Å². The first kappa shape index (κ1) is 29.1. The number of carbonyl (C=O) groups excluding carboxylic acids is 2. The number of hydrogen-bond acceptors (Lipinski definition) is 8. The zero-order chi connectivity index (χ0) is 30.1. The van der Waals surface area contributed by atoms with Gasteiger partial charge in [-0.15, -0.1) is 16.9 Å². The second kappa shape index (κ2) is 12.3. The minimum absolute atomic E-state index is 0.0711. The van der Waals surface area contributed by atoms with Gasteiger partial charge in [0.1, 0.15) is 17.8 Å². The van der Waals surface area contributed by atoms with Crippen LogP contribution in [0.15, 0.2) is 65.7 Å². The molecule has 1 N–H and O–H groups in total. The van der Waals surface area contributed by atoms with Crippen LogP contribution in [-0.2, 0) is 11.3 Å². The van der Waals surface area contributed by atoms with Gasteiger partial charge in [0.2, 0.25) is 0 Å². The van der Waals surface area contributed by atoms with Gasteiger partial charge >= 0.3 is 5.97 Å². The number of nitrogens with one attached hydrogen (secondary N) is 1. The van der Waals surface area contributed by atoms with Crippen molar-refractivity contribution < 1.29 is 23.1 Å². The molecule has 0 spiro atoms. The standard InChI is InChI=1S/C31H32F2N6O3S/c1-42-31(41)20-5-3-4-19(12-20)16-37-11-10-23(18-37)35-30(40)26-15-34-28-8-9-29(36-39(26)28)38-17-22(33)14-25(38)24-13-21(32)6-7-27(24)43-2/h3-9,12-13,15,22-23,25H,10-11,14,16-18H2,1-2H3,(H,35,40)/t22-,23+,25+/m0/s1. The number of amides is 1. The highest BCUT2D eigenvalue weighted by molar-refractivity contribution is 7.98. The summed E-state index contributed by atoms with van der Waals surface area (Å²) in [5, 5.41) is 7.81. The Hall–Kier alpha value is -4.03. The van der Waals surface area contributed by atoms with Crippen LogP contribution in [0.5, 0.6) is 0 Å². The van der Waals surface area contributed by atoms with Crippen LogP contribution in [0.4, 0.5) is 14.6 Å². The van der Waals surface area contributed by atoms with Gasteiger partial charge in [0.05, 0.1) is 31.5 Å². The molecule has 3 atom stereocenters. The van der Waals surface area contributed by atoms with E-state index in [0.29, 0.717) is 30.1 Å². The van der Waals surface area contributed by atoms with Crippen LogP contribution < -0.4 is 10.2 Å². The topological polar surface area (TPSA) is 92.1 Å². The smallest absolute Gasteiger partial charge is 0.337 e. The van der Waals surface area contributed by atoms with Gasteiger partial charge < -0.3 is 15.0 Å². The number of imidazole rings is 1. The number of benzene rings is 2. The number of alkyl halides is 1. The first-order valence-corrected chi connectivity index (χ1v) is 15.3. The van der Waals surface area contributed by atoms with Gasteiger partial charge in [0.25, 0.3) is 5.91 Å². The maximum absolute atomic E-state index is 14.8. The molecule has 4 aromatic rings. The number of fused-ring (bicyclic) bond motifs is 1. The van der Waals surface area contributed by atoms with Crippen LogP contribution in [0.1, 0.15) is 50.9 Å². The Morgan fingerprint density at radius 2 is 2.00 bits per heavy atom. The molecular weight excluding hydrogens is 574 g/mol. The number of hydrogen-bond donors (Lipinski definition) is 1. The lowest BCUT2D eigenvalue weighted by atomic mass is 10.0. The van der Waals surface area contributed by atoms with Crippen LogP contribution in [0.3, 0.4) is 0 Å². The van der Waals surface area contributed by atoms with Gasteiger partial charge in [0, 0.05) is 37.0 Å². The van der Waals surface area contributed by atoms with Crippen molar-refractivity contribution in [2.45, 2.75) is 42.5 Å². The van der Waals surface area contributed by atoms with Gasteiger partial charge in [-0.3, -0.25) is 9.69 Å². The Balaban J connectivity index is 1.17. The molecule has 0 radical (unpaired) electrons. The molecule has 4 heterocycles. The van der Waals surface area contributed by atoms with Crippen LogP contribution in [0.2, 0.25) is 0 Å². The summed E-state index contributed by atoms with van der Waals surface area (Å²) in [4.78, 5) is 34.6. The average molecular weight is 607 g/mol. The molecule has 0 bridgehead atoms. The number of rotatable bonds is 8. The maximum Gasteiger partial charge on any atom is 0.337 e.